The van der Waals surface area contributed by atoms with Crippen LogP contribution >= 0.6 is 0 Å². The Morgan fingerprint density at radius 3 is 2.68 bits per heavy atom. The van der Waals surface area contributed by atoms with Gasteiger partial charge in [-0.25, -0.2) is 0 Å². The number of nitrogens with zero attached hydrogens (tertiary/aromatic N) is 3. The van der Waals surface area contributed by atoms with Gasteiger partial charge in [-0.2, -0.15) is 5.26 Å². The Balaban J connectivity index is 2.23. The van der Waals surface area contributed by atoms with E-state index in [9.17, 15) is 10.1 Å². The first-order valence-corrected chi connectivity index (χ1v) is 5.52. The summed E-state index contributed by atoms with van der Waals surface area (Å²) < 4.78 is 0. The lowest BCUT2D eigenvalue weighted by Gasteiger charge is -2.07. The molecule has 0 spiro atoms. The van der Waals surface area contributed by atoms with Gasteiger partial charge < -0.3 is 5.32 Å². The maximum absolute atomic E-state index is 10.9. The third kappa shape index (κ3) is 3.04. The quantitative estimate of drug-likeness (QED) is 0.668. The van der Waals surface area contributed by atoms with Gasteiger partial charge in [0, 0.05) is 25.0 Å². The molecule has 0 radical (unpaired) electrons. The van der Waals surface area contributed by atoms with Crippen molar-refractivity contribution in [2.24, 2.45) is 0 Å². The highest BCUT2D eigenvalue weighted by atomic mass is 16.6. The highest BCUT2D eigenvalue weighted by molar-refractivity contribution is 5.64. The number of hydrogen-bond donors (Lipinski definition) is 1. The van der Waals surface area contributed by atoms with Crippen LogP contribution in [0.15, 0.2) is 42.7 Å². The molecular formula is C13H10N4O2. The van der Waals surface area contributed by atoms with Crippen LogP contribution in [0.2, 0.25) is 0 Å². The molecule has 1 heterocycles. The molecule has 1 aromatic carbocycles. The summed E-state index contributed by atoms with van der Waals surface area (Å²) in [5.74, 6) is 0. The number of nitro benzene ring substituents is 1. The molecule has 2 rings (SSSR count). The van der Waals surface area contributed by atoms with Crippen molar-refractivity contribution < 1.29 is 4.92 Å². The summed E-state index contributed by atoms with van der Waals surface area (Å²) in [7, 11) is 0. The van der Waals surface area contributed by atoms with Gasteiger partial charge in [0.25, 0.3) is 5.69 Å². The number of nitro groups is 1. The zero-order valence-corrected chi connectivity index (χ0v) is 9.91. The summed E-state index contributed by atoms with van der Waals surface area (Å²) in [5, 5.41) is 22.7. The molecule has 0 unspecified atom stereocenters. The molecule has 6 heteroatoms. The number of nitriles is 1. The Morgan fingerprint density at radius 1 is 1.32 bits per heavy atom. The van der Waals surface area contributed by atoms with Crippen molar-refractivity contribution in [1.82, 2.24) is 4.98 Å². The van der Waals surface area contributed by atoms with Crippen molar-refractivity contribution in [3.05, 3.63) is 64.0 Å². The summed E-state index contributed by atoms with van der Waals surface area (Å²) in [4.78, 5) is 14.3. The molecule has 0 amide bonds. The second kappa shape index (κ2) is 5.60. The fourth-order valence-electron chi connectivity index (χ4n) is 1.60. The van der Waals surface area contributed by atoms with E-state index in [2.05, 4.69) is 10.3 Å². The van der Waals surface area contributed by atoms with E-state index in [-0.39, 0.29) is 5.69 Å². The lowest BCUT2D eigenvalue weighted by Crippen LogP contribution is -2.03. The lowest BCUT2D eigenvalue weighted by atomic mass is 10.2. The van der Waals surface area contributed by atoms with Gasteiger partial charge in [0.1, 0.15) is 5.69 Å². The first-order valence-electron chi connectivity index (χ1n) is 5.52. The van der Waals surface area contributed by atoms with Gasteiger partial charge in [0.15, 0.2) is 0 Å². The van der Waals surface area contributed by atoms with E-state index in [1.54, 1.807) is 12.4 Å². The van der Waals surface area contributed by atoms with Crippen molar-refractivity contribution in [1.29, 1.82) is 5.26 Å². The van der Waals surface area contributed by atoms with Crippen molar-refractivity contribution >= 4 is 11.4 Å². The highest BCUT2D eigenvalue weighted by Crippen LogP contribution is 2.25. The minimum absolute atomic E-state index is 0.0481. The van der Waals surface area contributed by atoms with Crippen LogP contribution in [0, 0.1) is 21.4 Å². The smallest absolute Gasteiger partial charge is 0.292 e. The number of aromatic nitrogens is 1. The van der Waals surface area contributed by atoms with Gasteiger partial charge >= 0.3 is 0 Å². The first kappa shape index (κ1) is 12.5. The summed E-state index contributed by atoms with van der Waals surface area (Å²) in [6.45, 7) is 0.429. The maximum Gasteiger partial charge on any atom is 0.292 e. The van der Waals surface area contributed by atoms with E-state index in [1.807, 2.05) is 18.2 Å². The van der Waals surface area contributed by atoms with E-state index >= 15 is 0 Å². The topological polar surface area (TPSA) is 91.8 Å². The van der Waals surface area contributed by atoms with Crippen molar-refractivity contribution in [3.8, 4) is 6.07 Å². The zero-order chi connectivity index (χ0) is 13.7. The summed E-state index contributed by atoms with van der Waals surface area (Å²) >= 11 is 0. The predicted molar refractivity (Wildman–Crippen MR) is 69.4 cm³/mol. The van der Waals surface area contributed by atoms with Crippen LogP contribution in [0.25, 0.3) is 0 Å². The van der Waals surface area contributed by atoms with Crippen molar-refractivity contribution in [2.75, 3.05) is 5.32 Å². The molecule has 6 nitrogen and oxygen atoms in total. The molecule has 94 valence electrons. The zero-order valence-electron chi connectivity index (χ0n) is 9.91. The molecule has 19 heavy (non-hydrogen) atoms. The lowest BCUT2D eigenvalue weighted by molar-refractivity contribution is -0.384. The molecule has 0 aliphatic heterocycles. The van der Waals surface area contributed by atoms with Gasteiger partial charge in [-0.15, -0.1) is 0 Å². The van der Waals surface area contributed by atoms with Crippen LogP contribution in [0.3, 0.4) is 0 Å². The minimum atomic E-state index is -0.476. The van der Waals surface area contributed by atoms with Crippen LogP contribution in [-0.2, 0) is 6.54 Å². The average Bonchev–Trinajstić information content (AvgIpc) is 2.45. The van der Waals surface area contributed by atoms with Crippen LogP contribution < -0.4 is 5.32 Å². The summed E-state index contributed by atoms with van der Waals surface area (Å²) in [5.41, 5.74) is 1.61. The Morgan fingerprint density at radius 2 is 2.05 bits per heavy atom. The standard InChI is InChI=1S/C13H10N4O2/c14-8-11-1-2-13(17(18)19)12(7-11)16-9-10-3-5-15-6-4-10/h1-7,16H,9H2. The molecule has 0 saturated heterocycles. The molecular weight excluding hydrogens is 244 g/mol. The Labute approximate surface area is 109 Å². The van der Waals surface area contributed by atoms with E-state index in [0.29, 0.717) is 17.8 Å². The highest BCUT2D eigenvalue weighted by Gasteiger charge is 2.13. The van der Waals surface area contributed by atoms with Crippen molar-refractivity contribution in [3.63, 3.8) is 0 Å². The molecule has 0 aliphatic rings. The van der Waals surface area contributed by atoms with Crippen LogP contribution in [0.4, 0.5) is 11.4 Å². The normalized spacial score (nSPS) is 9.63. The molecule has 0 atom stereocenters. The second-order valence-electron chi connectivity index (χ2n) is 3.81. The largest absolute Gasteiger partial charge is 0.375 e. The van der Waals surface area contributed by atoms with E-state index in [1.165, 1.54) is 18.2 Å². The summed E-state index contributed by atoms with van der Waals surface area (Å²) in [6, 6.07) is 9.81. The fraction of sp³-hybridized carbons (Fsp3) is 0.0769. The fourth-order valence-corrected chi connectivity index (χ4v) is 1.60. The molecule has 0 fully saturated rings. The van der Waals surface area contributed by atoms with E-state index < -0.39 is 4.92 Å². The van der Waals surface area contributed by atoms with Gasteiger partial charge in [-0.05, 0) is 29.8 Å². The van der Waals surface area contributed by atoms with Gasteiger partial charge in [-0.1, -0.05) is 0 Å². The Hall–Kier alpha value is -2.94. The van der Waals surface area contributed by atoms with Gasteiger partial charge in [0.05, 0.1) is 16.6 Å². The number of nitrogens with one attached hydrogen (secondary N) is 1. The number of hydrogen-bond acceptors (Lipinski definition) is 5. The third-order valence-corrected chi connectivity index (χ3v) is 2.55. The molecule has 1 N–H and O–H groups in total. The Kier molecular flexibility index (Phi) is 3.69. The number of benzene rings is 1. The van der Waals surface area contributed by atoms with Crippen LogP contribution in [0.1, 0.15) is 11.1 Å². The van der Waals surface area contributed by atoms with Crippen LogP contribution in [-0.4, -0.2) is 9.91 Å². The Bertz CT molecular complexity index is 635. The van der Waals surface area contributed by atoms with E-state index in [4.69, 9.17) is 5.26 Å². The van der Waals surface area contributed by atoms with Gasteiger partial charge in [0.2, 0.25) is 0 Å². The SMILES string of the molecule is N#Cc1ccc([N+](=O)[O-])c(NCc2ccncc2)c1. The number of anilines is 1. The predicted octanol–water partition coefficient (Wildman–Crippen LogP) is 2.47. The maximum atomic E-state index is 10.9. The van der Waals surface area contributed by atoms with Crippen LogP contribution in [0.5, 0.6) is 0 Å². The molecule has 1 aromatic heterocycles. The van der Waals surface area contributed by atoms with Crippen molar-refractivity contribution in [2.45, 2.75) is 6.54 Å². The average molecular weight is 254 g/mol. The molecule has 0 saturated carbocycles. The van der Waals surface area contributed by atoms with Gasteiger partial charge in [-0.3, -0.25) is 15.1 Å². The number of rotatable bonds is 4. The summed E-state index contributed by atoms with van der Waals surface area (Å²) in [6.07, 6.45) is 3.30. The molecule has 2 aromatic rings. The third-order valence-electron chi connectivity index (χ3n) is 2.55. The minimum Gasteiger partial charge on any atom is -0.375 e. The first-order chi connectivity index (χ1) is 9.20. The molecule has 0 aliphatic carbocycles. The molecule has 0 bridgehead atoms. The second-order valence-corrected chi connectivity index (χ2v) is 3.81. The van der Waals surface area contributed by atoms with E-state index in [0.717, 1.165) is 5.56 Å². The number of pyridine rings is 1. The monoisotopic (exact) mass is 254 g/mol.